The molecular formula is C21H21N3O3S. The lowest BCUT2D eigenvalue weighted by molar-refractivity contribution is -0.113. The smallest absolute Gasteiger partial charge is 0.338 e. The van der Waals surface area contributed by atoms with Crippen molar-refractivity contribution in [2.75, 3.05) is 12.4 Å². The molecular weight excluding hydrogens is 374 g/mol. The van der Waals surface area contributed by atoms with Crippen LogP contribution in [0.3, 0.4) is 0 Å². The molecule has 1 aliphatic rings. The van der Waals surface area contributed by atoms with Gasteiger partial charge in [-0.05, 0) is 49.8 Å². The highest BCUT2D eigenvalue weighted by molar-refractivity contribution is 7.80. The van der Waals surface area contributed by atoms with Gasteiger partial charge in [-0.25, -0.2) is 4.79 Å². The Morgan fingerprint density at radius 3 is 2.43 bits per heavy atom. The molecule has 3 N–H and O–H groups in total. The SMILES string of the molecule is COC(=O)c1ccccc1[C@H]1NC(=S)NC(C)=C1C(=O)Nc1ccc(C)cc1. The number of rotatable bonds is 4. The summed E-state index contributed by atoms with van der Waals surface area (Å²) >= 11 is 5.28. The second kappa shape index (κ2) is 8.22. The van der Waals surface area contributed by atoms with E-state index in [-0.39, 0.29) is 5.91 Å². The van der Waals surface area contributed by atoms with Gasteiger partial charge >= 0.3 is 5.97 Å². The van der Waals surface area contributed by atoms with Crippen LogP contribution in [0.25, 0.3) is 0 Å². The highest BCUT2D eigenvalue weighted by Crippen LogP contribution is 2.30. The number of carbonyl (C=O) groups excluding carboxylic acids is 2. The second-order valence-corrected chi connectivity index (χ2v) is 6.88. The summed E-state index contributed by atoms with van der Waals surface area (Å²) in [6.07, 6.45) is 0. The predicted molar refractivity (Wildman–Crippen MR) is 112 cm³/mol. The summed E-state index contributed by atoms with van der Waals surface area (Å²) in [6.45, 7) is 3.76. The molecule has 2 aromatic carbocycles. The fraction of sp³-hybridized carbons (Fsp3) is 0.190. The number of allylic oxidation sites excluding steroid dienone is 1. The summed E-state index contributed by atoms with van der Waals surface area (Å²) in [4.78, 5) is 25.3. The van der Waals surface area contributed by atoms with Crippen molar-refractivity contribution in [3.8, 4) is 0 Å². The van der Waals surface area contributed by atoms with Gasteiger partial charge in [-0.3, -0.25) is 4.79 Å². The van der Waals surface area contributed by atoms with Gasteiger partial charge < -0.3 is 20.7 Å². The van der Waals surface area contributed by atoms with E-state index in [0.29, 0.717) is 33.2 Å². The maximum Gasteiger partial charge on any atom is 0.338 e. The number of amides is 1. The van der Waals surface area contributed by atoms with Gasteiger partial charge in [0.1, 0.15) is 0 Å². The van der Waals surface area contributed by atoms with Crippen molar-refractivity contribution in [2.45, 2.75) is 19.9 Å². The quantitative estimate of drug-likeness (QED) is 0.545. The average molecular weight is 395 g/mol. The molecule has 3 rings (SSSR count). The van der Waals surface area contributed by atoms with E-state index in [0.717, 1.165) is 5.56 Å². The van der Waals surface area contributed by atoms with Crippen molar-refractivity contribution >= 4 is 34.9 Å². The molecule has 0 fully saturated rings. The number of nitrogens with one attached hydrogen (secondary N) is 3. The van der Waals surface area contributed by atoms with E-state index < -0.39 is 12.0 Å². The summed E-state index contributed by atoms with van der Waals surface area (Å²) in [6, 6.07) is 13.9. The van der Waals surface area contributed by atoms with E-state index in [1.807, 2.05) is 31.2 Å². The molecule has 0 bridgehead atoms. The third kappa shape index (κ3) is 4.04. The molecule has 0 aliphatic carbocycles. The Morgan fingerprint density at radius 1 is 1.07 bits per heavy atom. The Bertz CT molecular complexity index is 967. The second-order valence-electron chi connectivity index (χ2n) is 6.47. The number of carbonyl (C=O) groups is 2. The third-order valence-corrected chi connectivity index (χ3v) is 4.72. The lowest BCUT2D eigenvalue weighted by Gasteiger charge is -2.31. The average Bonchev–Trinajstić information content (AvgIpc) is 2.68. The number of anilines is 1. The molecule has 1 aliphatic heterocycles. The zero-order valence-corrected chi connectivity index (χ0v) is 16.6. The molecule has 1 amide bonds. The molecule has 28 heavy (non-hydrogen) atoms. The first-order chi connectivity index (χ1) is 13.4. The molecule has 0 spiro atoms. The van der Waals surface area contributed by atoms with Gasteiger partial charge in [0.15, 0.2) is 5.11 Å². The number of hydrogen-bond acceptors (Lipinski definition) is 4. The zero-order valence-electron chi connectivity index (χ0n) is 15.8. The molecule has 1 heterocycles. The Morgan fingerprint density at radius 2 is 1.75 bits per heavy atom. The van der Waals surface area contributed by atoms with Crippen molar-refractivity contribution < 1.29 is 14.3 Å². The summed E-state index contributed by atoms with van der Waals surface area (Å²) in [7, 11) is 1.33. The first kappa shape index (κ1) is 19.6. The van der Waals surface area contributed by atoms with Crippen LogP contribution in [0, 0.1) is 6.92 Å². The monoisotopic (exact) mass is 395 g/mol. The van der Waals surface area contributed by atoms with Crippen LogP contribution in [0.15, 0.2) is 59.8 Å². The Balaban J connectivity index is 2.01. The molecule has 0 unspecified atom stereocenters. The normalized spacial score (nSPS) is 16.1. The van der Waals surface area contributed by atoms with Crippen molar-refractivity contribution in [2.24, 2.45) is 0 Å². The number of aryl methyl sites for hydroxylation is 1. The molecule has 0 saturated carbocycles. The molecule has 1 atom stereocenters. The molecule has 7 heteroatoms. The van der Waals surface area contributed by atoms with Gasteiger partial charge in [-0.15, -0.1) is 0 Å². The summed E-state index contributed by atoms with van der Waals surface area (Å²) in [5, 5.41) is 9.39. The standard InChI is InChI=1S/C21H21N3O3S/c1-12-8-10-14(11-9-12)23-19(25)17-13(2)22-21(28)24-18(17)15-6-4-5-7-16(15)20(26)27-3/h4-11,18H,1-3H3,(H,23,25)(H2,22,24,28)/t18-/m1/s1. The van der Waals surface area contributed by atoms with E-state index in [4.69, 9.17) is 17.0 Å². The lowest BCUT2D eigenvalue weighted by atomic mass is 9.91. The first-order valence-corrected chi connectivity index (χ1v) is 9.15. The van der Waals surface area contributed by atoms with Gasteiger partial charge in [-0.1, -0.05) is 35.9 Å². The van der Waals surface area contributed by atoms with Crippen LogP contribution < -0.4 is 16.0 Å². The van der Waals surface area contributed by atoms with Crippen molar-refractivity contribution in [1.82, 2.24) is 10.6 Å². The van der Waals surface area contributed by atoms with Gasteiger partial charge in [0, 0.05) is 11.4 Å². The summed E-state index contributed by atoms with van der Waals surface area (Å²) in [5.41, 5.74) is 3.85. The van der Waals surface area contributed by atoms with Crippen LogP contribution in [0.2, 0.25) is 0 Å². The first-order valence-electron chi connectivity index (χ1n) is 8.74. The predicted octanol–water partition coefficient (Wildman–Crippen LogP) is 3.21. The number of benzene rings is 2. The van der Waals surface area contributed by atoms with Gasteiger partial charge in [0.05, 0.1) is 24.3 Å². The van der Waals surface area contributed by atoms with Crippen LogP contribution in [0.4, 0.5) is 5.69 Å². The van der Waals surface area contributed by atoms with Gasteiger partial charge in [-0.2, -0.15) is 0 Å². The Kier molecular flexibility index (Phi) is 5.75. The number of esters is 1. The molecule has 144 valence electrons. The lowest BCUT2D eigenvalue weighted by Crippen LogP contribution is -2.46. The van der Waals surface area contributed by atoms with Crippen LogP contribution in [-0.2, 0) is 9.53 Å². The molecule has 0 radical (unpaired) electrons. The third-order valence-electron chi connectivity index (χ3n) is 4.50. The number of ether oxygens (including phenoxy) is 1. The fourth-order valence-electron chi connectivity index (χ4n) is 3.11. The molecule has 6 nitrogen and oxygen atoms in total. The highest BCUT2D eigenvalue weighted by Gasteiger charge is 2.32. The largest absolute Gasteiger partial charge is 0.465 e. The van der Waals surface area contributed by atoms with Crippen LogP contribution in [0.1, 0.15) is 34.5 Å². The van der Waals surface area contributed by atoms with Crippen molar-refractivity contribution in [3.63, 3.8) is 0 Å². The fourth-order valence-corrected chi connectivity index (χ4v) is 3.38. The van der Waals surface area contributed by atoms with E-state index in [1.54, 1.807) is 31.2 Å². The van der Waals surface area contributed by atoms with Crippen LogP contribution in [0.5, 0.6) is 0 Å². The van der Waals surface area contributed by atoms with Gasteiger partial charge in [0.25, 0.3) is 5.91 Å². The maximum absolute atomic E-state index is 13.1. The van der Waals surface area contributed by atoms with Gasteiger partial charge in [0.2, 0.25) is 0 Å². The minimum atomic E-state index is -0.588. The number of methoxy groups -OCH3 is 1. The van der Waals surface area contributed by atoms with E-state index in [9.17, 15) is 9.59 Å². The highest BCUT2D eigenvalue weighted by atomic mass is 32.1. The maximum atomic E-state index is 13.1. The Hall–Kier alpha value is -3.19. The van der Waals surface area contributed by atoms with Crippen LogP contribution in [-0.4, -0.2) is 24.1 Å². The number of thiocarbonyl (C=S) groups is 1. The van der Waals surface area contributed by atoms with Crippen molar-refractivity contribution in [3.05, 3.63) is 76.5 Å². The minimum Gasteiger partial charge on any atom is -0.465 e. The molecule has 2 aromatic rings. The van der Waals surface area contributed by atoms with E-state index in [2.05, 4.69) is 16.0 Å². The summed E-state index contributed by atoms with van der Waals surface area (Å²) < 4.78 is 4.89. The number of hydrogen-bond donors (Lipinski definition) is 3. The summed E-state index contributed by atoms with van der Waals surface area (Å²) in [5.74, 6) is -0.758. The molecule has 0 aromatic heterocycles. The van der Waals surface area contributed by atoms with E-state index >= 15 is 0 Å². The van der Waals surface area contributed by atoms with Crippen molar-refractivity contribution in [1.29, 1.82) is 0 Å². The zero-order chi connectivity index (χ0) is 20.3. The topological polar surface area (TPSA) is 79.5 Å². The van der Waals surface area contributed by atoms with E-state index in [1.165, 1.54) is 7.11 Å². The van der Waals surface area contributed by atoms with Crippen LogP contribution >= 0.6 is 12.2 Å². The molecule has 0 saturated heterocycles. The minimum absolute atomic E-state index is 0.284. The Labute approximate surface area is 169 Å².